The summed E-state index contributed by atoms with van der Waals surface area (Å²) in [5, 5.41) is 5.65. The van der Waals surface area contributed by atoms with E-state index in [0.717, 1.165) is 25.4 Å². The third-order valence-electron chi connectivity index (χ3n) is 7.34. The highest BCUT2D eigenvalue weighted by molar-refractivity contribution is 5.98. The molecule has 1 heterocycles. The molecule has 0 aromatic heterocycles. The first kappa shape index (κ1) is 27.3. The average molecular weight is 489 g/mol. The van der Waals surface area contributed by atoms with Crippen LogP contribution in [-0.4, -0.2) is 80.8 Å². The van der Waals surface area contributed by atoms with Gasteiger partial charge in [-0.05, 0) is 50.2 Å². The van der Waals surface area contributed by atoms with Crippen LogP contribution in [0.5, 0.6) is 5.75 Å². The van der Waals surface area contributed by atoms with Crippen molar-refractivity contribution in [2.24, 2.45) is 11.8 Å². The summed E-state index contributed by atoms with van der Waals surface area (Å²) in [7, 11) is 3.54. The lowest BCUT2D eigenvalue weighted by atomic mass is 9.99. The third kappa shape index (κ3) is 7.58. The van der Waals surface area contributed by atoms with Gasteiger partial charge in [0.05, 0.1) is 11.7 Å². The summed E-state index contributed by atoms with van der Waals surface area (Å²) in [6.45, 7) is 9.94. The van der Waals surface area contributed by atoms with Crippen LogP contribution in [0.4, 0.5) is 10.5 Å². The highest BCUT2D eigenvalue weighted by Crippen LogP contribution is 2.29. The van der Waals surface area contributed by atoms with Gasteiger partial charge in [0.15, 0.2) is 0 Å². The van der Waals surface area contributed by atoms with E-state index in [1.54, 1.807) is 37.3 Å². The Bertz CT molecular complexity index is 842. The highest BCUT2D eigenvalue weighted by atomic mass is 16.5. The van der Waals surface area contributed by atoms with Crippen molar-refractivity contribution in [1.29, 1.82) is 0 Å². The minimum absolute atomic E-state index is 0.0609. The summed E-state index contributed by atoms with van der Waals surface area (Å²) in [5.74, 6) is 1.37. The molecule has 1 saturated carbocycles. The van der Waals surface area contributed by atoms with Gasteiger partial charge in [0, 0.05) is 58.1 Å². The molecular formula is C27H44N4O4. The maximum Gasteiger partial charge on any atom is 0.319 e. The van der Waals surface area contributed by atoms with Gasteiger partial charge in [-0.15, -0.1) is 0 Å². The molecule has 0 spiro atoms. The number of likely N-dealkylation sites (N-methyl/N-ethyl adjacent to an activating group) is 1. The number of ether oxygens (including phenoxy) is 2. The van der Waals surface area contributed by atoms with Crippen molar-refractivity contribution in [3.05, 3.63) is 23.8 Å². The summed E-state index contributed by atoms with van der Waals surface area (Å²) < 4.78 is 12.1. The summed E-state index contributed by atoms with van der Waals surface area (Å²) in [6, 6.07) is 5.15. The number of urea groups is 1. The molecule has 1 fully saturated rings. The van der Waals surface area contributed by atoms with Gasteiger partial charge in [0.2, 0.25) is 0 Å². The lowest BCUT2D eigenvalue weighted by molar-refractivity contribution is 0.00814. The van der Waals surface area contributed by atoms with Crippen LogP contribution < -0.4 is 15.4 Å². The molecule has 0 bridgehead atoms. The topological polar surface area (TPSA) is 83.1 Å². The largest absolute Gasteiger partial charge is 0.491 e. The van der Waals surface area contributed by atoms with Crippen LogP contribution >= 0.6 is 0 Å². The zero-order valence-electron chi connectivity index (χ0n) is 22.1. The predicted molar refractivity (Wildman–Crippen MR) is 139 cm³/mol. The number of fused-ring (bicyclic) bond motifs is 1. The standard InChI is InChI=1S/C27H44N4O4/c1-6-13-28-27(33)29-22-11-12-23-24(14-22)35-18-20(3)31(16-21-9-7-8-10-21)15-19(2)25(34-5)17-30(4)26(23)32/h11-12,14,19-21,25H,6-10,13,15-18H2,1-5H3,(H2,28,29,33)/t19-,20-,25+/m1/s1. The quantitative estimate of drug-likeness (QED) is 0.627. The second-order valence-electron chi connectivity index (χ2n) is 10.3. The van der Waals surface area contributed by atoms with Crippen molar-refractivity contribution in [3.8, 4) is 5.75 Å². The number of benzene rings is 1. The van der Waals surface area contributed by atoms with Crippen molar-refractivity contribution in [2.45, 2.75) is 65.0 Å². The molecule has 1 aliphatic carbocycles. The summed E-state index contributed by atoms with van der Waals surface area (Å²) in [4.78, 5) is 29.8. The fraction of sp³-hybridized carbons (Fsp3) is 0.704. The van der Waals surface area contributed by atoms with Crippen molar-refractivity contribution in [2.75, 3.05) is 52.3 Å². The van der Waals surface area contributed by atoms with E-state index in [0.29, 0.717) is 36.7 Å². The number of carbonyl (C=O) groups excluding carboxylic acids is 2. The SMILES string of the molecule is CCCNC(=O)Nc1ccc2c(c1)OC[C@@H](C)N(CC1CCCC1)C[C@@H](C)[C@@H](OC)CN(C)C2=O. The lowest BCUT2D eigenvalue weighted by Gasteiger charge is -2.37. The first-order chi connectivity index (χ1) is 16.8. The molecule has 3 amide bonds. The van der Waals surface area contributed by atoms with Gasteiger partial charge < -0.3 is 25.0 Å². The van der Waals surface area contributed by atoms with Crippen LogP contribution in [0.2, 0.25) is 0 Å². The number of nitrogens with zero attached hydrogens (tertiary/aromatic N) is 2. The zero-order chi connectivity index (χ0) is 25.4. The molecule has 2 aliphatic rings. The summed E-state index contributed by atoms with van der Waals surface area (Å²) in [6.07, 6.45) is 6.03. The van der Waals surface area contributed by atoms with Gasteiger partial charge in [-0.2, -0.15) is 0 Å². The molecule has 1 aromatic rings. The first-order valence-electron chi connectivity index (χ1n) is 13.2. The monoisotopic (exact) mass is 488 g/mol. The molecule has 0 saturated heterocycles. The number of rotatable bonds is 6. The Balaban J connectivity index is 1.86. The van der Waals surface area contributed by atoms with E-state index >= 15 is 0 Å². The number of amides is 3. The van der Waals surface area contributed by atoms with Crippen LogP contribution in [-0.2, 0) is 4.74 Å². The molecule has 1 aliphatic heterocycles. The Hall–Kier alpha value is -2.32. The van der Waals surface area contributed by atoms with Gasteiger partial charge >= 0.3 is 6.03 Å². The average Bonchev–Trinajstić information content (AvgIpc) is 3.36. The van der Waals surface area contributed by atoms with Gasteiger partial charge in [-0.1, -0.05) is 26.7 Å². The number of hydrogen-bond donors (Lipinski definition) is 2. The van der Waals surface area contributed by atoms with E-state index in [-0.39, 0.29) is 30.0 Å². The van der Waals surface area contributed by atoms with E-state index in [1.807, 2.05) is 6.92 Å². The fourth-order valence-corrected chi connectivity index (χ4v) is 5.12. The number of carbonyl (C=O) groups is 2. The minimum Gasteiger partial charge on any atom is -0.491 e. The molecule has 1 aromatic carbocycles. The Morgan fingerprint density at radius 2 is 1.94 bits per heavy atom. The molecular weight excluding hydrogens is 444 g/mol. The van der Waals surface area contributed by atoms with Gasteiger partial charge in [-0.3, -0.25) is 9.69 Å². The number of methoxy groups -OCH3 is 1. The van der Waals surface area contributed by atoms with Gasteiger partial charge in [0.1, 0.15) is 12.4 Å². The summed E-state index contributed by atoms with van der Waals surface area (Å²) in [5.41, 5.74) is 1.09. The molecule has 2 N–H and O–H groups in total. The highest BCUT2D eigenvalue weighted by Gasteiger charge is 2.30. The smallest absolute Gasteiger partial charge is 0.319 e. The fourth-order valence-electron chi connectivity index (χ4n) is 5.12. The number of hydrogen-bond acceptors (Lipinski definition) is 5. The van der Waals surface area contributed by atoms with E-state index in [1.165, 1.54) is 25.7 Å². The normalized spacial score (nSPS) is 24.8. The Kier molecular flexibility index (Phi) is 10.2. The van der Waals surface area contributed by atoms with Crippen LogP contribution in [0.25, 0.3) is 0 Å². The van der Waals surface area contributed by atoms with Crippen LogP contribution in [0, 0.1) is 11.8 Å². The van der Waals surface area contributed by atoms with Crippen LogP contribution in [0.1, 0.15) is 63.2 Å². The van der Waals surface area contributed by atoms with Crippen molar-refractivity contribution in [1.82, 2.24) is 15.1 Å². The van der Waals surface area contributed by atoms with E-state index in [4.69, 9.17) is 9.47 Å². The maximum absolute atomic E-state index is 13.4. The molecule has 0 unspecified atom stereocenters. The van der Waals surface area contributed by atoms with Gasteiger partial charge in [0.25, 0.3) is 5.91 Å². The Labute approximate surface area is 210 Å². The van der Waals surface area contributed by atoms with E-state index in [2.05, 4.69) is 29.4 Å². The lowest BCUT2D eigenvalue weighted by Crippen LogP contribution is -2.47. The Morgan fingerprint density at radius 3 is 2.63 bits per heavy atom. The minimum atomic E-state index is -0.267. The first-order valence-corrected chi connectivity index (χ1v) is 13.2. The summed E-state index contributed by atoms with van der Waals surface area (Å²) >= 11 is 0. The second-order valence-corrected chi connectivity index (χ2v) is 10.3. The van der Waals surface area contributed by atoms with Crippen molar-refractivity contribution >= 4 is 17.6 Å². The van der Waals surface area contributed by atoms with Crippen molar-refractivity contribution in [3.63, 3.8) is 0 Å². The molecule has 35 heavy (non-hydrogen) atoms. The second kappa shape index (κ2) is 13.1. The predicted octanol–water partition coefficient (Wildman–Crippen LogP) is 4.21. The zero-order valence-corrected chi connectivity index (χ0v) is 22.1. The molecule has 3 rings (SSSR count). The molecule has 8 nitrogen and oxygen atoms in total. The number of anilines is 1. The Morgan fingerprint density at radius 1 is 1.20 bits per heavy atom. The van der Waals surface area contributed by atoms with E-state index in [9.17, 15) is 9.59 Å². The van der Waals surface area contributed by atoms with Crippen LogP contribution in [0.15, 0.2) is 18.2 Å². The molecule has 196 valence electrons. The van der Waals surface area contributed by atoms with Crippen LogP contribution in [0.3, 0.4) is 0 Å². The number of nitrogens with one attached hydrogen (secondary N) is 2. The van der Waals surface area contributed by atoms with E-state index < -0.39 is 0 Å². The van der Waals surface area contributed by atoms with Crippen molar-refractivity contribution < 1.29 is 19.1 Å². The molecule has 0 radical (unpaired) electrons. The van der Waals surface area contributed by atoms with Gasteiger partial charge in [-0.25, -0.2) is 4.79 Å². The maximum atomic E-state index is 13.4. The molecule has 8 heteroatoms. The molecule has 3 atom stereocenters. The third-order valence-corrected chi connectivity index (χ3v) is 7.34.